The van der Waals surface area contributed by atoms with Crippen molar-refractivity contribution >= 4 is 23.4 Å². The van der Waals surface area contributed by atoms with Gasteiger partial charge in [0, 0.05) is 29.6 Å². The summed E-state index contributed by atoms with van der Waals surface area (Å²) >= 11 is 0. The topological polar surface area (TPSA) is 107 Å². The maximum absolute atomic E-state index is 13.0. The zero-order valence-electron chi connectivity index (χ0n) is 21.2. The summed E-state index contributed by atoms with van der Waals surface area (Å²) in [6.45, 7) is 0.754. The van der Waals surface area contributed by atoms with Gasteiger partial charge in [-0.2, -0.15) is 0 Å². The number of rotatable bonds is 8. The maximum atomic E-state index is 13.0. The number of hydrogen-bond acceptors (Lipinski definition) is 8. The van der Waals surface area contributed by atoms with Crippen LogP contribution in [0.3, 0.4) is 0 Å². The Labute approximate surface area is 220 Å². The predicted octanol–water partition coefficient (Wildman–Crippen LogP) is 5.59. The SMILES string of the molecule is COc1cc(NC(=O)N2Cc3cnc(Nc4ccc(Oc5ccccc5)cc4)nc3C2)cc(OC)c1OC. The van der Waals surface area contributed by atoms with E-state index in [2.05, 4.69) is 20.6 Å². The number of nitrogens with one attached hydrogen (secondary N) is 2. The molecular formula is C28H27N5O5. The molecule has 0 spiro atoms. The first-order valence-electron chi connectivity index (χ1n) is 11.9. The Morgan fingerprint density at radius 2 is 1.53 bits per heavy atom. The van der Waals surface area contributed by atoms with Crippen LogP contribution in [0.1, 0.15) is 11.3 Å². The van der Waals surface area contributed by atoms with Crippen LogP contribution in [0.5, 0.6) is 28.7 Å². The molecule has 0 atom stereocenters. The fourth-order valence-corrected chi connectivity index (χ4v) is 4.07. The summed E-state index contributed by atoms with van der Waals surface area (Å²) in [5, 5.41) is 6.10. The van der Waals surface area contributed by atoms with Crippen LogP contribution < -0.4 is 29.6 Å². The van der Waals surface area contributed by atoms with Gasteiger partial charge in [-0.3, -0.25) is 0 Å². The van der Waals surface area contributed by atoms with Gasteiger partial charge in [0.15, 0.2) is 11.5 Å². The molecule has 5 rings (SSSR count). The van der Waals surface area contributed by atoms with E-state index < -0.39 is 0 Å². The molecule has 0 aliphatic carbocycles. The van der Waals surface area contributed by atoms with Gasteiger partial charge in [-0.05, 0) is 36.4 Å². The number of aromatic nitrogens is 2. The average Bonchev–Trinajstić information content (AvgIpc) is 3.38. The molecule has 194 valence electrons. The number of anilines is 3. The lowest BCUT2D eigenvalue weighted by Crippen LogP contribution is -2.30. The van der Waals surface area contributed by atoms with E-state index in [0.717, 1.165) is 28.4 Å². The summed E-state index contributed by atoms with van der Waals surface area (Å²) in [5.41, 5.74) is 3.02. The third-order valence-electron chi connectivity index (χ3n) is 5.95. The minimum Gasteiger partial charge on any atom is -0.493 e. The van der Waals surface area contributed by atoms with Crippen molar-refractivity contribution in [3.8, 4) is 28.7 Å². The number of amides is 2. The van der Waals surface area contributed by atoms with Crippen molar-refractivity contribution in [2.24, 2.45) is 0 Å². The normalized spacial score (nSPS) is 11.9. The van der Waals surface area contributed by atoms with E-state index in [1.54, 1.807) is 23.2 Å². The van der Waals surface area contributed by atoms with Crippen molar-refractivity contribution in [1.29, 1.82) is 0 Å². The monoisotopic (exact) mass is 513 g/mol. The second kappa shape index (κ2) is 11.0. The Kier molecular flexibility index (Phi) is 7.12. The van der Waals surface area contributed by atoms with E-state index in [1.807, 2.05) is 54.6 Å². The Morgan fingerprint density at radius 3 is 2.18 bits per heavy atom. The molecule has 10 heteroatoms. The fourth-order valence-electron chi connectivity index (χ4n) is 4.07. The summed E-state index contributed by atoms with van der Waals surface area (Å²) in [4.78, 5) is 23.7. The van der Waals surface area contributed by atoms with E-state index >= 15 is 0 Å². The van der Waals surface area contributed by atoms with E-state index in [4.69, 9.17) is 18.9 Å². The van der Waals surface area contributed by atoms with Gasteiger partial charge in [-0.25, -0.2) is 14.8 Å². The summed E-state index contributed by atoms with van der Waals surface area (Å²) in [5.74, 6) is 3.31. The van der Waals surface area contributed by atoms with Crippen LogP contribution in [0.2, 0.25) is 0 Å². The molecule has 0 radical (unpaired) electrons. The molecule has 2 heterocycles. The van der Waals surface area contributed by atoms with Crippen molar-refractivity contribution in [2.75, 3.05) is 32.0 Å². The highest BCUT2D eigenvalue weighted by molar-refractivity contribution is 5.90. The molecular weight excluding hydrogens is 486 g/mol. The quantitative estimate of drug-likeness (QED) is 0.314. The van der Waals surface area contributed by atoms with Gasteiger partial charge < -0.3 is 34.5 Å². The van der Waals surface area contributed by atoms with Gasteiger partial charge >= 0.3 is 6.03 Å². The minimum absolute atomic E-state index is 0.277. The summed E-state index contributed by atoms with van der Waals surface area (Å²) < 4.78 is 21.9. The highest BCUT2D eigenvalue weighted by Gasteiger charge is 2.26. The lowest BCUT2D eigenvalue weighted by Gasteiger charge is -2.18. The van der Waals surface area contributed by atoms with Crippen molar-refractivity contribution in [2.45, 2.75) is 13.1 Å². The molecule has 1 aliphatic rings. The van der Waals surface area contributed by atoms with Crippen LogP contribution in [0.4, 0.5) is 22.1 Å². The van der Waals surface area contributed by atoms with Gasteiger partial charge in [0.25, 0.3) is 0 Å². The average molecular weight is 514 g/mol. The second-order valence-electron chi connectivity index (χ2n) is 8.43. The fraction of sp³-hybridized carbons (Fsp3) is 0.179. The van der Waals surface area contributed by atoms with Crippen molar-refractivity contribution < 1.29 is 23.7 Å². The van der Waals surface area contributed by atoms with E-state index in [0.29, 0.717) is 42.0 Å². The lowest BCUT2D eigenvalue weighted by atomic mass is 10.2. The number of urea groups is 1. The van der Waals surface area contributed by atoms with Gasteiger partial charge in [-0.1, -0.05) is 18.2 Å². The van der Waals surface area contributed by atoms with Gasteiger partial charge in [0.2, 0.25) is 11.7 Å². The van der Waals surface area contributed by atoms with Crippen LogP contribution in [-0.2, 0) is 13.1 Å². The Balaban J connectivity index is 1.22. The number of methoxy groups -OCH3 is 3. The largest absolute Gasteiger partial charge is 0.493 e. The molecule has 0 saturated carbocycles. The number of fused-ring (bicyclic) bond motifs is 1. The third kappa shape index (κ3) is 5.39. The smallest absolute Gasteiger partial charge is 0.322 e. The Hall–Kier alpha value is -4.99. The number of para-hydroxylation sites is 1. The number of benzene rings is 3. The Bertz CT molecular complexity index is 1400. The molecule has 10 nitrogen and oxygen atoms in total. The lowest BCUT2D eigenvalue weighted by molar-refractivity contribution is 0.212. The highest BCUT2D eigenvalue weighted by Crippen LogP contribution is 2.40. The van der Waals surface area contributed by atoms with E-state index in [9.17, 15) is 4.79 Å². The molecule has 0 saturated heterocycles. The second-order valence-corrected chi connectivity index (χ2v) is 8.43. The number of hydrogen-bond donors (Lipinski definition) is 2. The summed E-state index contributed by atoms with van der Waals surface area (Å²) in [6, 6.07) is 20.2. The van der Waals surface area contributed by atoms with Crippen molar-refractivity contribution in [3.05, 3.63) is 84.2 Å². The maximum Gasteiger partial charge on any atom is 0.322 e. The zero-order chi connectivity index (χ0) is 26.5. The Morgan fingerprint density at radius 1 is 0.842 bits per heavy atom. The molecule has 0 fully saturated rings. The van der Waals surface area contributed by atoms with E-state index in [1.165, 1.54) is 21.3 Å². The summed E-state index contributed by atoms with van der Waals surface area (Å²) in [6.07, 6.45) is 1.74. The molecule has 2 amide bonds. The first kappa shape index (κ1) is 24.7. The molecule has 3 aromatic carbocycles. The summed E-state index contributed by atoms with van der Waals surface area (Å²) in [7, 11) is 4.58. The molecule has 2 N–H and O–H groups in total. The van der Waals surface area contributed by atoms with Gasteiger partial charge in [0.1, 0.15) is 11.5 Å². The number of ether oxygens (including phenoxy) is 4. The standard InChI is InChI=1S/C28H27N5O5/c1-35-24-13-20(14-25(36-2)26(24)37-3)31-28(34)33-16-18-15-29-27(32-23(18)17-33)30-19-9-11-22(12-10-19)38-21-7-5-4-6-8-21/h4-15H,16-17H2,1-3H3,(H,31,34)(H,29,30,32). The number of carbonyl (C=O) groups is 1. The molecule has 4 aromatic rings. The molecule has 1 aromatic heterocycles. The van der Waals surface area contributed by atoms with Gasteiger partial charge in [0.05, 0.1) is 45.8 Å². The molecule has 0 unspecified atom stereocenters. The molecule has 38 heavy (non-hydrogen) atoms. The van der Waals surface area contributed by atoms with Crippen LogP contribution in [-0.4, -0.2) is 42.2 Å². The van der Waals surface area contributed by atoms with E-state index in [-0.39, 0.29) is 6.03 Å². The first-order chi connectivity index (χ1) is 18.6. The van der Waals surface area contributed by atoms with Crippen LogP contribution in [0.15, 0.2) is 72.9 Å². The zero-order valence-corrected chi connectivity index (χ0v) is 21.2. The molecule has 1 aliphatic heterocycles. The van der Waals surface area contributed by atoms with Crippen LogP contribution in [0.25, 0.3) is 0 Å². The van der Waals surface area contributed by atoms with Gasteiger partial charge in [-0.15, -0.1) is 0 Å². The van der Waals surface area contributed by atoms with Crippen LogP contribution >= 0.6 is 0 Å². The van der Waals surface area contributed by atoms with Crippen molar-refractivity contribution in [1.82, 2.24) is 14.9 Å². The first-order valence-corrected chi connectivity index (χ1v) is 11.9. The minimum atomic E-state index is -0.277. The number of nitrogens with zero attached hydrogens (tertiary/aromatic N) is 3. The number of carbonyl (C=O) groups excluding carboxylic acids is 1. The highest BCUT2D eigenvalue weighted by atomic mass is 16.5. The van der Waals surface area contributed by atoms with Crippen molar-refractivity contribution in [3.63, 3.8) is 0 Å². The predicted molar refractivity (Wildman–Crippen MR) is 143 cm³/mol. The van der Waals surface area contributed by atoms with Crippen LogP contribution in [0, 0.1) is 0 Å². The molecule has 0 bridgehead atoms. The third-order valence-corrected chi connectivity index (χ3v) is 5.95.